The van der Waals surface area contributed by atoms with Crippen molar-refractivity contribution in [3.8, 4) is 0 Å². The van der Waals surface area contributed by atoms with Gasteiger partial charge in [-0.2, -0.15) is 0 Å². The molecule has 0 rings (SSSR count). The molecule has 0 aliphatic carbocycles. The quantitative estimate of drug-likeness (QED) is 0.472. The first-order valence-electron chi connectivity index (χ1n) is 8.18. The number of ether oxygens (including phenoxy) is 1. The smallest absolute Gasteiger partial charge is 0.306 e. The van der Waals surface area contributed by atoms with Crippen molar-refractivity contribution >= 4 is 14.3 Å². The zero-order chi connectivity index (χ0) is 16.9. The van der Waals surface area contributed by atoms with Gasteiger partial charge in [-0.15, -0.1) is 0 Å². The Balaban J connectivity index is 4.27. The Morgan fingerprint density at radius 1 is 1.10 bits per heavy atom. The Labute approximate surface area is 132 Å². The van der Waals surface area contributed by atoms with E-state index in [-0.39, 0.29) is 22.7 Å². The van der Waals surface area contributed by atoms with Crippen LogP contribution in [-0.4, -0.2) is 26.0 Å². The van der Waals surface area contributed by atoms with Crippen molar-refractivity contribution < 1.29 is 14.0 Å². The minimum atomic E-state index is -1.72. The molecule has 4 heteroatoms. The molecule has 0 aliphatic rings. The second-order valence-corrected chi connectivity index (χ2v) is 13.1. The Bertz CT molecular complexity index is 324. The zero-order valence-electron chi connectivity index (χ0n) is 15.6. The molecule has 0 aliphatic heterocycles. The largest absolute Gasteiger partial charge is 0.460 e. The highest BCUT2D eigenvalue weighted by Crippen LogP contribution is 2.38. The Kier molecular flexibility index (Phi) is 7.64. The summed E-state index contributed by atoms with van der Waals surface area (Å²) in [5.74, 6) is -0.107. The Morgan fingerprint density at radius 2 is 1.62 bits per heavy atom. The summed E-state index contributed by atoms with van der Waals surface area (Å²) in [6.45, 7) is 19.2. The first-order valence-corrected chi connectivity index (χ1v) is 11.1. The van der Waals surface area contributed by atoms with Crippen LogP contribution in [0, 0.1) is 0 Å². The first-order chi connectivity index (χ1) is 9.28. The third-order valence-electron chi connectivity index (χ3n) is 4.05. The third-order valence-corrected chi connectivity index (χ3v) is 8.58. The fraction of sp³-hybridized carbons (Fsp3) is 0.941. The lowest BCUT2D eigenvalue weighted by atomic mass is 10.1. The zero-order valence-corrected chi connectivity index (χ0v) is 16.6. The van der Waals surface area contributed by atoms with Gasteiger partial charge in [0.1, 0.15) is 5.60 Å². The van der Waals surface area contributed by atoms with Gasteiger partial charge in [0.2, 0.25) is 0 Å². The van der Waals surface area contributed by atoms with Crippen molar-refractivity contribution in [2.24, 2.45) is 0 Å². The SMILES string of the molecule is CC[C@@H](CCCC(=O)OC(C)(C)C)O[Si](C)(C)C(C)(C)C. The predicted molar refractivity (Wildman–Crippen MR) is 92.1 cm³/mol. The first kappa shape index (κ1) is 20.6. The Hall–Kier alpha value is -0.353. The van der Waals surface area contributed by atoms with E-state index in [0.717, 1.165) is 19.3 Å². The van der Waals surface area contributed by atoms with Gasteiger partial charge in [0.15, 0.2) is 8.32 Å². The predicted octanol–water partition coefficient (Wildman–Crippen LogP) is 5.30. The van der Waals surface area contributed by atoms with Crippen LogP contribution in [0.5, 0.6) is 0 Å². The topological polar surface area (TPSA) is 35.5 Å². The summed E-state index contributed by atoms with van der Waals surface area (Å²) in [6.07, 6.45) is 3.51. The summed E-state index contributed by atoms with van der Waals surface area (Å²) in [6, 6.07) is 0. The van der Waals surface area contributed by atoms with Gasteiger partial charge in [0.05, 0.1) is 0 Å². The highest BCUT2D eigenvalue weighted by molar-refractivity contribution is 6.74. The molecule has 0 N–H and O–H groups in total. The van der Waals surface area contributed by atoms with Gasteiger partial charge in [-0.1, -0.05) is 27.7 Å². The number of hydrogen-bond donors (Lipinski definition) is 0. The summed E-state index contributed by atoms with van der Waals surface area (Å²) in [5.41, 5.74) is -0.390. The fourth-order valence-electron chi connectivity index (χ4n) is 1.81. The van der Waals surface area contributed by atoms with Crippen LogP contribution < -0.4 is 0 Å². The molecule has 0 saturated carbocycles. The minimum Gasteiger partial charge on any atom is -0.460 e. The maximum Gasteiger partial charge on any atom is 0.306 e. The van der Waals surface area contributed by atoms with Crippen LogP contribution in [0.1, 0.15) is 74.1 Å². The summed E-state index contributed by atoms with van der Waals surface area (Å²) >= 11 is 0. The lowest BCUT2D eigenvalue weighted by Crippen LogP contribution is -2.43. The molecule has 0 spiro atoms. The minimum absolute atomic E-state index is 0.107. The second kappa shape index (κ2) is 7.77. The number of rotatable bonds is 7. The molecule has 0 bridgehead atoms. The van der Waals surface area contributed by atoms with Crippen molar-refractivity contribution in [3.63, 3.8) is 0 Å². The lowest BCUT2D eigenvalue weighted by Gasteiger charge is -2.39. The van der Waals surface area contributed by atoms with Crippen molar-refractivity contribution in [3.05, 3.63) is 0 Å². The molecular formula is C17H36O3Si. The summed E-state index contributed by atoms with van der Waals surface area (Å²) < 4.78 is 11.8. The van der Waals surface area contributed by atoms with E-state index in [1.807, 2.05) is 20.8 Å². The van der Waals surface area contributed by atoms with Crippen LogP contribution in [0.2, 0.25) is 18.1 Å². The number of carbonyl (C=O) groups is 1. The molecule has 0 saturated heterocycles. The molecule has 0 aromatic rings. The van der Waals surface area contributed by atoms with Gasteiger partial charge in [-0.25, -0.2) is 0 Å². The average Bonchev–Trinajstić information content (AvgIpc) is 2.23. The molecule has 126 valence electrons. The highest BCUT2D eigenvalue weighted by Gasteiger charge is 2.38. The number of esters is 1. The molecule has 0 heterocycles. The maximum atomic E-state index is 11.7. The molecule has 1 atom stereocenters. The van der Waals surface area contributed by atoms with Crippen LogP contribution >= 0.6 is 0 Å². The molecule has 0 amide bonds. The van der Waals surface area contributed by atoms with Crippen molar-refractivity contribution in [2.75, 3.05) is 0 Å². The van der Waals surface area contributed by atoms with Gasteiger partial charge >= 0.3 is 5.97 Å². The standard InChI is InChI=1S/C17H36O3Si/c1-10-14(20-21(8,9)17(5,6)7)12-11-13-15(18)19-16(2,3)4/h14H,10-13H2,1-9H3/t14-/m0/s1. The summed E-state index contributed by atoms with van der Waals surface area (Å²) in [7, 11) is -1.72. The van der Waals surface area contributed by atoms with Gasteiger partial charge in [-0.05, 0) is 58.2 Å². The van der Waals surface area contributed by atoms with E-state index in [0.29, 0.717) is 6.42 Å². The van der Waals surface area contributed by atoms with Crippen LogP contribution in [0.25, 0.3) is 0 Å². The van der Waals surface area contributed by atoms with Gasteiger partial charge in [-0.3, -0.25) is 4.79 Å². The fourth-order valence-corrected chi connectivity index (χ4v) is 3.28. The van der Waals surface area contributed by atoms with E-state index >= 15 is 0 Å². The van der Waals surface area contributed by atoms with Crippen molar-refractivity contribution in [1.82, 2.24) is 0 Å². The van der Waals surface area contributed by atoms with Crippen LogP contribution in [0.15, 0.2) is 0 Å². The van der Waals surface area contributed by atoms with Gasteiger partial charge in [0, 0.05) is 12.5 Å². The monoisotopic (exact) mass is 316 g/mol. The van der Waals surface area contributed by atoms with Crippen LogP contribution in [0.4, 0.5) is 0 Å². The van der Waals surface area contributed by atoms with E-state index in [1.165, 1.54) is 0 Å². The van der Waals surface area contributed by atoms with E-state index in [2.05, 4.69) is 40.8 Å². The molecule has 0 fully saturated rings. The molecule has 0 aromatic carbocycles. The maximum absolute atomic E-state index is 11.7. The van der Waals surface area contributed by atoms with E-state index in [9.17, 15) is 4.79 Å². The van der Waals surface area contributed by atoms with Gasteiger partial charge < -0.3 is 9.16 Å². The van der Waals surface area contributed by atoms with E-state index in [4.69, 9.17) is 9.16 Å². The summed E-state index contributed by atoms with van der Waals surface area (Å²) in [4.78, 5) is 11.7. The van der Waals surface area contributed by atoms with E-state index in [1.54, 1.807) is 0 Å². The molecule has 3 nitrogen and oxygen atoms in total. The summed E-state index contributed by atoms with van der Waals surface area (Å²) in [5, 5.41) is 0.228. The number of hydrogen-bond acceptors (Lipinski definition) is 3. The van der Waals surface area contributed by atoms with Crippen LogP contribution in [-0.2, 0) is 14.0 Å². The van der Waals surface area contributed by atoms with Crippen molar-refractivity contribution in [1.29, 1.82) is 0 Å². The van der Waals surface area contributed by atoms with Gasteiger partial charge in [0.25, 0.3) is 0 Å². The second-order valence-electron chi connectivity index (χ2n) is 8.39. The Morgan fingerprint density at radius 3 is 2.00 bits per heavy atom. The molecule has 0 unspecified atom stereocenters. The number of carbonyl (C=O) groups excluding carboxylic acids is 1. The van der Waals surface area contributed by atoms with Crippen molar-refractivity contribution in [2.45, 2.75) is 104 Å². The normalized spacial score (nSPS) is 14.9. The highest BCUT2D eigenvalue weighted by atomic mass is 28.4. The average molecular weight is 317 g/mol. The lowest BCUT2D eigenvalue weighted by molar-refractivity contribution is -0.155. The third kappa shape index (κ3) is 8.62. The molecule has 21 heavy (non-hydrogen) atoms. The van der Waals surface area contributed by atoms with Crippen LogP contribution in [0.3, 0.4) is 0 Å². The molecule has 0 aromatic heterocycles. The van der Waals surface area contributed by atoms with E-state index < -0.39 is 8.32 Å². The molecular weight excluding hydrogens is 280 g/mol. The molecule has 0 radical (unpaired) electrons.